The molecule has 0 unspecified atom stereocenters. The molecular weight excluding hydrogens is 314 g/mol. The highest BCUT2D eigenvalue weighted by molar-refractivity contribution is 7.90. The fraction of sp³-hybridized carbons (Fsp3) is 0.235. The third kappa shape index (κ3) is 4.32. The number of ether oxygens (including phenoxy) is 1. The van der Waals surface area contributed by atoms with E-state index in [0.717, 1.165) is 12.0 Å². The van der Waals surface area contributed by atoms with Crippen molar-refractivity contribution in [2.24, 2.45) is 0 Å². The Labute approximate surface area is 136 Å². The average Bonchev–Trinajstić information content (AvgIpc) is 2.48. The standard InChI is InChI=1S/C17H19NO4S/c1-4-22-14-8-6-13(7-9-14)18-17(19)16-11-15(23(3,20)21)10-5-12(16)2/h5-11H,4H2,1-3H3,(H,18,19). The van der Waals surface area contributed by atoms with Gasteiger partial charge < -0.3 is 10.1 Å². The minimum atomic E-state index is -3.36. The van der Waals surface area contributed by atoms with E-state index in [9.17, 15) is 13.2 Å². The first kappa shape index (κ1) is 17.0. The second-order valence-corrected chi connectivity index (χ2v) is 7.18. The Balaban J connectivity index is 2.23. The topological polar surface area (TPSA) is 72.5 Å². The molecular formula is C17H19NO4S. The van der Waals surface area contributed by atoms with Crippen molar-refractivity contribution < 1.29 is 17.9 Å². The van der Waals surface area contributed by atoms with Crippen LogP contribution in [0.2, 0.25) is 0 Å². The maximum atomic E-state index is 12.4. The second kappa shape index (κ2) is 6.83. The lowest BCUT2D eigenvalue weighted by Crippen LogP contribution is -2.14. The van der Waals surface area contributed by atoms with E-state index < -0.39 is 9.84 Å². The van der Waals surface area contributed by atoms with E-state index in [-0.39, 0.29) is 10.8 Å². The number of hydrogen-bond donors (Lipinski definition) is 1. The molecule has 0 spiro atoms. The summed E-state index contributed by atoms with van der Waals surface area (Å²) in [5.41, 5.74) is 1.66. The van der Waals surface area contributed by atoms with E-state index >= 15 is 0 Å². The molecule has 0 aliphatic carbocycles. The molecule has 2 aromatic carbocycles. The fourth-order valence-corrected chi connectivity index (χ4v) is 2.72. The second-order valence-electron chi connectivity index (χ2n) is 5.16. The molecule has 0 saturated carbocycles. The van der Waals surface area contributed by atoms with Gasteiger partial charge in [-0.25, -0.2) is 8.42 Å². The lowest BCUT2D eigenvalue weighted by Gasteiger charge is -2.10. The predicted octanol–water partition coefficient (Wildman–Crippen LogP) is 3.05. The van der Waals surface area contributed by atoms with Gasteiger partial charge in [0.15, 0.2) is 9.84 Å². The number of sulfone groups is 1. The summed E-state index contributed by atoms with van der Waals surface area (Å²) in [6.45, 7) is 4.23. The fourth-order valence-electron chi connectivity index (χ4n) is 2.08. The highest BCUT2D eigenvalue weighted by Crippen LogP contribution is 2.19. The minimum absolute atomic E-state index is 0.125. The molecule has 5 nitrogen and oxygen atoms in total. The number of rotatable bonds is 5. The first-order valence-corrected chi connectivity index (χ1v) is 9.05. The Morgan fingerprint density at radius 2 is 1.78 bits per heavy atom. The highest BCUT2D eigenvalue weighted by atomic mass is 32.2. The first-order valence-electron chi connectivity index (χ1n) is 7.16. The van der Waals surface area contributed by atoms with Gasteiger partial charge >= 0.3 is 0 Å². The SMILES string of the molecule is CCOc1ccc(NC(=O)c2cc(S(C)(=O)=O)ccc2C)cc1. The van der Waals surface area contributed by atoms with Crippen LogP contribution in [0.5, 0.6) is 5.75 Å². The molecule has 2 rings (SSSR count). The number of carbonyl (C=O) groups excluding carboxylic acids is 1. The van der Waals surface area contributed by atoms with Crippen molar-refractivity contribution in [3.63, 3.8) is 0 Å². The Morgan fingerprint density at radius 1 is 1.13 bits per heavy atom. The molecule has 1 amide bonds. The van der Waals surface area contributed by atoms with Gasteiger partial charge in [0.05, 0.1) is 11.5 Å². The van der Waals surface area contributed by atoms with Gasteiger partial charge in [-0.1, -0.05) is 6.07 Å². The number of amides is 1. The van der Waals surface area contributed by atoms with Crippen molar-refractivity contribution in [3.05, 3.63) is 53.6 Å². The van der Waals surface area contributed by atoms with Gasteiger partial charge in [0.2, 0.25) is 0 Å². The summed E-state index contributed by atoms with van der Waals surface area (Å²) in [4.78, 5) is 12.5. The molecule has 0 fully saturated rings. The number of carbonyl (C=O) groups is 1. The Morgan fingerprint density at radius 3 is 2.35 bits per heavy atom. The van der Waals surface area contributed by atoms with Crippen LogP contribution in [-0.2, 0) is 9.84 Å². The van der Waals surface area contributed by atoms with Crippen LogP contribution >= 0.6 is 0 Å². The van der Waals surface area contributed by atoms with E-state index in [0.29, 0.717) is 23.4 Å². The van der Waals surface area contributed by atoms with E-state index in [1.165, 1.54) is 12.1 Å². The molecule has 0 aliphatic heterocycles. The number of anilines is 1. The molecule has 2 aromatic rings. The van der Waals surface area contributed by atoms with E-state index in [2.05, 4.69) is 5.32 Å². The van der Waals surface area contributed by atoms with Gasteiger partial charge in [0, 0.05) is 17.5 Å². The summed E-state index contributed by atoms with van der Waals surface area (Å²) >= 11 is 0. The van der Waals surface area contributed by atoms with Crippen LogP contribution in [0.25, 0.3) is 0 Å². The molecule has 122 valence electrons. The Bertz CT molecular complexity index is 811. The number of hydrogen-bond acceptors (Lipinski definition) is 4. The molecule has 0 radical (unpaired) electrons. The lowest BCUT2D eigenvalue weighted by molar-refractivity contribution is 0.102. The third-order valence-electron chi connectivity index (χ3n) is 3.31. The molecule has 0 heterocycles. The molecule has 1 N–H and O–H groups in total. The summed E-state index contributed by atoms with van der Waals surface area (Å²) in [6, 6.07) is 11.5. The van der Waals surface area contributed by atoms with Gasteiger partial charge in [-0.15, -0.1) is 0 Å². The molecule has 0 aromatic heterocycles. The monoisotopic (exact) mass is 333 g/mol. The van der Waals surface area contributed by atoms with Crippen molar-refractivity contribution in [2.45, 2.75) is 18.7 Å². The van der Waals surface area contributed by atoms with Crippen LogP contribution in [-0.4, -0.2) is 27.2 Å². The first-order chi connectivity index (χ1) is 10.8. The predicted molar refractivity (Wildman–Crippen MR) is 89.9 cm³/mol. The van der Waals surface area contributed by atoms with Gasteiger partial charge in [-0.3, -0.25) is 4.79 Å². The molecule has 0 bridgehead atoms. The smallest absolute Gasteiger partial charge is 0.255 e. The minimum Gasteiger partial charge on any atom is -0.494 e. The quantitative estimate of drug-likeness (QED) is 0.913. The van der Waals surface area contributed by atoms with E-state index in [4.69, 9.17) is 4.74 Å². The van der Waals surface area contributed by atoms with Crippen molar-refractivity contribution in [3.8, 4) is 5.75 Å². The van der Waals surface area contributed by atoms with Crippen LogP contribution in [0.1, 0.15) is 22.8 Å². The van der Waals surface area contributed by atoms with Crippen LogP contribution in [0.4, 0.5) is 5.69 Å². The summed E-state index contributed by atoms with van der Waals surface area (Å²) in [7, 11) is -3.36. The van der Waals surface area contributed by atoms with Gasteiger partial charge in [-0.05, 0) is 55.8 Å². The van der Waals surface area contributed by atoms with Crippen molar-refractivity contribution in [1.29, 1.82) is 0 Å². The number of benzene rings is 2. The molecule has 0 saturated heterocycles. The van der Waals surface area contributed by atoms with Gasteiger partial charge in [0.25, 0.3) is 5.91 Å². The van der Waals surface area contributed by atoms with Crippen molar-refractivity contribution >= 4 is 21.4 Å². The summed E-state index contributed by atoms with van der Waals surface area (Å²) in [5.74, 6) is 0.373. The van der Waals surface area contributed by atoms with Gasteiger partial charge in [0.1, 0.15) is 5.75 Å². The zero-order chi connectivity index (χ0) is 17.0. The molecule has 0 atom stereocenters. The maximum absolute atomic E-state index is 12.4. The normalized spacial score (nSPS) is 11.1. The van der Waals surface area contributed by atoms with Crippen LogP contribution < -0.4 is 10.1 Å². The number of nitrogens with one attached hydrogen (secondary N) is 1. The third-order valence-corrected chi connectivity index (χ3v) is 4.42. The highest BCUT2D eigenvalue weighted by Gasteiger charge is 2.14. The summed E-state index contributed by atoms with van der Waals surface area (Å²) < 4.78 is 28.6. The zero-order valence-corrected chi connectivity index (χ0v) is 14.1. The summed E-state index contributed by atoms with van der Waals surface area (Å²) in [5, 5.41) is 2.76. The average molecular weight is 333 g/mol. The number of aryl methyl sites for hydroxylation is 1. The van der Waals surface area contributed by atoms with Crippen molar-refractivity contribution in [2.75, 3.05) is 18.2 Å². The Hall–Kier alpha value is -2.34. The van der Waals surface area contributed by atoms with Crippen molar-refractivity contribution in [1.82, 2.24) is 0 Å². The lowest BCUT2D eigenvalue weighted by atomic mass is 10.1. The van der Waals surface area contributed by atoms with Crippen LogP contribution in [0.15, 0.2) is 47.4 Å². The maximum Gasteiger partial charge on any atom is 0.255 e. The molecule has 6 heteroatoms. The Kier molecular flexibility index (Phi) is 5.05. The molecule has 23 heavy (non-hydrogen) atoms. The van der Waals surface area contributed by atoms with E-state index in [1.807, 2.05) is 6.92 Å². The molecule has 0 aliphatic rings. The largest absolute Gasteiger partial charge is 0.494 e. The van der Waals surface area contributed by atoms with Crippen LogP contribution in [0, 0.1) is 6.92 Å². The van der Waals surface area contributed by atoms with E-state index in [1.54, 1.807) is 37.3 Å². The van der Waals surface area contributed by atoms with Gasteiger partial charge in [-0.2, -0.15) is 0 Å². The zero-order valence-electron chi connectivity index (χ0n) is 13.3. The van der Waals surface area contributed by atoms with Crippen LogP contribution in [0.3, 0.4) is 0 Å². The summed E-state index contributed by atoms with van der Waals surface area (Å²) in [6.07, 6.45) is 1.12.